The minimum atomic E-state index is 0.0255. The highest BCUT2D eigenvalue weighted by molar-refractivity contribution is 9.11. The molecule has 0 atom stereocenters. The van der Waals surface area contributed by atoms with Gasteiger partial charge in [-0.3, -0.25) is 0 Å². The molecule has 0 fully saturated rings. The molecule has 12 heavy (non-hydrogen) atoms. The molecule has 0 radical (unpaired) electrons. The van der Waals surface area contributed by atoms with Gasteiger partial charge in [0.25, 0.3) is 0 Å². The summed E-state index contributed by atoms with van der Waals surface area (Å²) in [5, 5.41) is 9.15. The number of allylic oxidation sites excluding steroid dienone is 3. The molecule has 0 saturated heterocycles. The molecule has 0 unspecified atom stereocenters. The molecule has 0 bridgehead atoms. The molecular weight excluding hydrogens is 218 g/mol. The second-order valence-corrected chi connectivity index (χ2v) is 2.50. The van der Waals surface area contributed by atoms with E-state index in [-0.39, 0.29) is 5.76 Å². The van der Waals surface area contributed by atoms with Gasteiger partial charge in [-0.2, -0.15) is 0 Å². The summed E-state index contributed by atoms with van der Waals surface area (Å²) in [5.74, 6) is 0.0255. The fraction of sp³-hybridized carbons (Fsp3) is 0.333. The van der Waals surface area contributed by atoms with Gasteiger partial charge in [0.1, 0.15) is 0 Å². The third-order valence-electron chi connectivity index (χ3n) is 0.990. The molecule has 0 amide bonds. The Morgan fingerprint density at radius 3 is 2.17 bits per heavy atom. The van der Waals surface area contributed by atoms with Crippen LogP contribution < -0.4 is 5.73 Å². The summed E-state index contributed by atoms with van der Waals surface area (Å²) in [6, 6.07) is 0. The van der Waals surface area contributed by atoms with Crippen molar-refractivity contribution in [3.8, 4) is 0 Å². The minimum Gasteiger partial charge on any atom is -0.505 e. The zero-order chi connectivity index (χ0) is 10.1. The van der Waals surface area contributed by atoms with Gasteiger partial charge in [-0.15, -0.1) is 0 Å². The molecule has 3 heteroatoms. The van der Waals surface area contributed by atoms with Crippen LogP contribution in [-0.2, 0) is 0 Å². The van der Waals surface area contributed by atoms with E-state index in [1.807, 2.05) is 13.8 Å². The van der Waals surface area contributed by atoms with Crippen LogP contribution >= 0.6 is 15.9 Å². The maximum Gasteiger partial charge on any atom is 0.152 e. The van der Waals surface area contributed by atoms with E-state index in [4.69, 9.17) is 10.8 Å². The summed E-state index contributed by atoms with van der Waals surface area (Å²) >= 11 is 3.07. The van der Waals surface area contributed by atoms with Crippen LogP contribution in [0.15, 0.2) is 34.7 Å². The molecule has 0 aliphatic carbocycles. The number of aliphatic hydroxyl groups is 1. The SMILES string of the molecule is C=C/C(Br)=C(O)\C(N)=C/C.CC. The molecule has 0 saturated carbocycles. The van der Waals surface area contributed by atoms with Gasteiger partial charge >= 0.3 is 0 Å². The Bertz CT molecular complexity index is 195. The van der Waals surface area contributed by atoms with Gasteiger partial charge in [-0.1, -0.05) is 32.6 Å². The Balaban J connectivity index is 0. The van der Waals surface area contributed by atoms with E-state index in [1.54, 1.807) is 13.0 Å². The van der Waals surface area contributed by atoms with E-state index in [0.29, 0.717) is 10.2 Å². The molecule has 0 rings (SSSR count). The van der Waals surface area contributed by atoms with E-state index in [0.717, 1.165) is 0 Å². The molecular formula is C9H16BrNO. The predicted octanol–water partition coefficient (Wildman–Crippen LogP) is 3.23. The number of rotatable bonds is 2. The summed E-state index contributed by atoms with van der Waals surface area (Å²) in [5.41, 5.74) is 5.71. The zero-order valence-electron chi connectivity index (χ0n) is 7.76. The highest BCUT2D eigenvalue weighted by atomic mass is 79.9. The Morgan fingerprint density at radius 1 is 1.50 bits per heavy atom. The molecule has 3 N–H and O–H groups in total. The number of halogens is 1. The van der Waals surface area contributed by atoms with E-state index in [9.17, 15) is 0 Å². The van der Waals surface area contributed by atoms with Crippen LogP contribution in [0.4, 0.5) is 0 Å². The Hall–Kier alpha value is -0.700. The molecule has 2 nitrogen and oxygen atoms in total. The fourth-order valence-electron chi connectivity index (χ4n) is 0.371. The van der Waals surface area contributed by atoms with Crippen LogP contribution in [0.25, 0.3) is 0 Å². The van der Waals surface area contributed by atoms with Crippen molar-refractivity contribution in [2.45, 2.75) is 20.8 Å². The standard InChI is InChI=1S/C7H10BrNO.C2H6/c1-3-5(8)7(10)6(9)4-2;1-2/h3-4,10H,1,9H2,2H3;1-2H3/b6-4+,7-5-;. The molecule has 0 aromatic carbocycles. The molecule has 70 valence electrons. The van der Waals surface area contributed by atoms with Gasteiger partial charge in [-0.25, -0.2) is 0 Å². The summed E-state index contributed by atoms with van der Waals surface area (Å²) in [4.78, 5) is 0. The smallest absolute Gasteiger partial charge is 0.152 e. The average molecular weight is 234 g/mol. The van der Waals surface area contributed by atoms with Crippen LogP contribution in [0.5, 0.6) is 0 Å². The van der Waals surface area contributed by atoms with Crippen LogP contribution in [-0.4, -0.2) is 5.11 Å². The summed E-state index contributed by atoms with van der Waals surface area (Å²) in [7, 11) is 0. The maximum atomic E-state index is 9.15. The first-order valence-corrected chi connectivity index (χ1v) is 4.56. The van der Waals surface area contributed by atoms with Crippen LogP contribution in [0, 0.1) is 0 Å². The molecule has 0 aromatic rings. The van der Waals surface area contributed by atoms with Gasteiger partial charge < -0.3 is 10.8 Å². The second kappa shape index (κ2) is 8.40. The second-order valence-electron chi connectivity index (χ2n) is 1.64. The van der Waals surface area contributed by atoms with Crippen molar-refractivity contribution in [3.63, 3.8) is 0 Å². The molecule has 0 aliphatic heterocycles. The van der Waals surface area contributed by atoms with Crippen molar-refractivity contribution in [1.82, 2.24) is 0 Å². The molecule has 0 spiro atoms. The lowest BCUT2D eigenvalue weighted by Gasteiger charge is -1.99. The first kappa shape index (κ1) is 13.9. The summed E-state index contributed by atoms with van der Waals surface area (Å²) in [6.45, 7) is 9.20. The number of hydrogen-bond donors (Lipinski definition) is 2. The lowest BCUT2D eigenvalue weighted by atomic mass is 10.3. The van der Waals surface area contributed by atoms with Crippen LogP contribution in [0.1, 0.15) is 20.8 Å². The average Bonchev–Trinajstić information content (AvgIpc) is 2.17. The van der Waals surface area contributed by atoms with E-state index in [2.05, 4.69) is 22.5 Å². The van der Waals surface area contributed by atoms with Gasteiger partial charge in [0.05, 0.1) is 10.2 Å². The third-order valence-corrected chi connectivity index (χ3v) is 1.69. The van der Waals surface area contributed by atoms with Crippen molar-refractivity contribution < 1.29 is 5.11 Å². The zero-order valence-corrected chi connectivity index (χ0v) is 9.35. The Labute approximate surface area is 82.6 Å². The number of hydrogen-bond acceptors (Lipinski definition) is 2. The molecule has 0 aliphatic rings. The van der Waals surface area contributed by atoms with E-state index < -0.39 is 0 Å². The van der Waals surface area contributed by atoms with E-state index in [1.165, 1.54) is 6.08 Å². The summed E-state index contributed by atoms with van der Waals surface area (Å²) in [6.07, 6.45) is 3.09. The molecule has 0 heterocycles. The Kier molecular flexibility index (Phi) is 9.70. The van der Waals surface area contributed by atoms with Crippen LogP contribution in [0.3, 0.4) is 0 Å². The lowest BCUT2D eigenvalue weighted by molar-refractivity contribution is 0.421. The first-order valence-electron chi connectivity index (χ1n) is 3.76. The first-order chi connectivity index (χ1) is 5.63. The van der Waals surface area contributed by atoms with Crippen molar-refractivity contribution >= 4 is 15.9 Å². The maximum absolute atomic E-state index is 9.15. The van der Waals surface area contributed by atoms with Crippen molar-refractivity contribution in [3.05, 3.63) is 34.7 Å². The Morgan fingerprint density at radius 2 is 1.92 bits per heavy atom. The van der Waals surface area contributed by atoms with Gasteiger partial charge in [0.2, 0.25) is 0 Å². The number of aliphatic hydroxyl groups excluding tert-OH is 1. The van der Waals surface area contributed by atoms with Crippen LogP contribution in [0.2, 0.25) is 0 Å². The highest BCUT2D eigenvalue weighted by Crippen LogP contribution is 2.14. The topological polar surface area (TPSA) is 46.2 Å². The quantitative estimate of drug-likeness (QED) is 0.569. The normalized spacial score (nSPS) is 12.5. The number of nitrogens with two attached hydrogens (primary N) is 1. The monoisotopic (exact) mass is 233 g/mol. The third kappa shape index (κ3) is 5.02. The van der Waals surface area contributed by atoms with Crippen molar-refractivity contribution in [1.29, 1.82) is 0 Å². The van der Waals surface area contributed by atoms with Crippen molar-refractivity contribution in [2.75, 3.05) is 0 Å². The molecule has 0 aromatic heterocycles. The largest absolute Gasteiger partial charge is 0.505 e. The van der Waals surface area contributed by atoms with E-state index >= 15 is 0 Å². The fourth-order valence-corrected chi connectivity index (χ4v) is 0.600. The summed E-state index contributed by atoms with van der Waals surface area (Å²) < 4.78 is 0.503. The predicted molar refractivity (Wildman–Crippen MR) is 58.1 cm³/mol. The van der Waals surface area contributed by atoms with Crippen molar-refractivity contribution in [2.24, 2.45) is 5.73 Å². The van der Waals surface area contributed by atoms with Gasteiger partial charge in [-0.05, 0) is 22.9 Å². The highest BCUT2D eigenvalue weighted by Gasteiger charge is 1.99. The van der Waals surface area contributed by atoms with Gasteiger partial charge in [0.15, 0.2) is 5.76 Å². The minimum absolute atomic E-state index is 0.0255. The lowest BCUT2D eigenvalue weighted by Crippen LogP contribution is -2.00. The van der Waals surface area contributed by atoms with Gasteiger partial charge in [0, 0.05) is 0 Å².